The Balaban J connectivity index is 1.52. The lowest BCUT2D eigenvalue weighted by atomic mass is 10.2. The van der Waals surface area contributed by atoms with E-state index in [1.54, 1.807) is 0 Å². The van der Waals surface area contributed by atoms with Gasteiger partial charge in [-0.2, -0.15) is 15.1 Å². The number of halogens is 1. The van der Waals surface area contributed by atoms with Crippen LogP contribution in [-0.2, 0) is 24.9 Å². The fraction of sp³-hybridized carbons (Fsp3) is 0.421. The molecule has 0 radical (unpaired) electrons. The van der Waals surface area contributed by atoms with E-state index in [2.05, 4.69) is 15.1 Å². The Morgan fingerprint density at radius 3 is 2.63 bits per heavy atom. The molecule has 0 saturated carbocycles. The number of nitrogens with zero attached hydrogens (tertiary/aromatic N) is 5. The number of fused-ring (bicyclic) bond motifs is 1. The zero-order valence-electron chi connectivity index (χ0n) is 18.5. The zero-order valence-corrected chi connectivity index (χ0v) is 21.0. The van der Waals surface area contributed by atoms with Gasteiger partial charge in [-0.05, 0) is 17.2 Å². The summed E-state index contributed by atoms with van der Waals surface area (Å²) in [5.74, 6) is -0.780. The van der Waals surface area contributed by atoms with E-state index in [0.717, 1.165) is 5.56 Å². The molecule has 4 atom stereocenters. The van der Waals surface area contributed by atoms with Gasteiger partial charge in [0.25, 0.3) is 0 Å². The number of ether oxygens (including phenoxy) is 1. The molecule has 1 aliphatic rings. The molecule has 0 bridgehead atoms. The van der Waals surface area contributed by atoms with Gasteiger partial charge in [0.2, 0.25) is 5.28 Å². The number of aliphatic hydroxyl groups excluding tert-OH is 1. The van der Waals surface area contributed by atoms with E-state index in [1.807, 2.05) is 42.3 Å². The summed E-state index contributed by atoms with van der Waals surface area (Å²) in [4.78, 5) is 38.0. The number of hydrogen-bond donors (Lipinski definition) is 4. The molecule has 0 amide bonds. The largest absolute Gasteiger partial charge is 0.388 e. The van der Waals surface area contributed by atoms with Crippen LogP contribution in [-0.4, -0.2) is 71.3 Å². The third-order valence-corrected chi connectivity index (χ3v) is 8.89. The minimum Gasteiger partial charge on any atom is -0.388 e. The number of anilines is 1. The third-order valence-electron chi connectivity index (χ3n) is 5.26. The van der Waals surface area contributed by atoms with Crippen molar-refractivity contribution in [3.63, 3.8) is 0 Å². The van der Waals surface area contributed by atoms with Crippen LogP contribution >= 0.6 is 26.8 Å². The molecule has 4 N–H and O–H groups in total. The van der Waals surface area contributed by atoms with Crippen LogP contribution in [0.3, 0.4) is 0 Å². The molecule has 1 saturated heterocycles. The maximum absolute atomic E-state index is 11.9. The molecule has 16 heteroatoms. The molecule has 1 aromatic carbocycles. The smallest absolute Gasteiger partial charge is 0.340 e. The fourth-order valence-electron chi connectivity index (χ4n) is 3.82. The number of aromatic nitrogens is 4. The summed E-state index contributed by atoms with van der Waals surface area (Å²) >= 11 is 6.19. The average Bonchev–Trinajstić information content (AvgIpc) is 3.33. The molecule has 1 aliphatic heterocycles. The molecule has 1 unspecified atom stereocenters. The molecule has 0 spiro atoms. The third kappa shape index (κ3) is 6.45. The summed E-state index contributed by atoms with van der Waals surface area (Å²) in [6.45, 7) is 0.0909. The lowest BCUT2D eigenvalue weighted by molar-refractivity contribution is -0.0528. The normalized spacial score (nSPS) is 22.4. The van der Waals surface area contributed by atoms with Gasteiger partial charge < -0.3 is 33.9 Å². The highest BCUT2D eigenvalue weighted by molar-refractivity contribution is 7.70. The first kappa shape index (κ1) is 26.2. The Hall–Kier alpha value is -1.92. The van der Waals surface area contributed by atoms with Gasteiger partial charge in [0.05, 0.1) is 24.3 Å². The zero-order chi connectivity index (χ0) is 25.4. The number of aliphatic hydroxyl groups is 1. The Morgan fingerprint density at radius 2 is 1.94 bits per heavy atom. The van der Waals surface area contributed by atoms with Crippen molar-refractivity contribution in [2.75, 3.05) is 24.5 Å². The average molecular weight is 548 g/mol. The minimum absolute atomic E-state index is 0.0276. The van der Waals surface area contributed by atoms with E-state index in [0.29, 0.717) is 23.4 Å². The SMILES string of the molecule is CN(Cc1ccccc1)c1nc(Cl)nc2c1cnn2[C@@H]1O[C@H](COP(=O)(O)CP(=O)(O)O)C[C@H]1O. The first-order valence-electron chi connectivity index (χ1n) is 10.4. The molecule has 13 nitrogen and oxygen atoms in total. The number of hydrogen-bond acceptors (Lipinski definition) is 9. The van der Waals surface area contributed by atoms with Crippen molar-refractivity contribution in [1.29, 1.82) is 0 Å². The van der Waals surface area contributed by atoms with Gasteiger partial charge in [0, 0.05) is 20.0 Å². The van der Waals surface area contributed by atoms with Gasteiger partial charge >= 0.3 is 15.2 Å². The van der Waals surface area contributed by atoms with Crippen LogP contribution in [0.2, 0.25) is 5.28 Å². The van der Waals surface area contributed by atoms with Crippen LogP contribution in [0.5, 0.6) is 0 Å². The van der Waals surface area contributed by atoms with Crippen molar-refractivity contribution in [2.45, 2.75) is 31.4 Å². The molecular formula is C19H24ClN5O8P2. The van der Waals surface area contributed by atoms with E-state index in [9.17, 15) is 19.1 Å². The fourth-order valence-corrected chi connectivity index (χ4v) is 6.57. The van der Waals surface area contributed by atoms with Gasteiger partial charge in [0.1, 0.15) is 11.9 Å². The predicted molar refractivity (Wildman–Crippen MR) is 126 cm³/mol. The van der Waals surface area contributed by atoms with Crippen LogP contribution in [0.1, 0.15) is 18.2 Å². The number of benzene rings is 1. The Labute approximate surface area is 205 Å². The quantitative estimate of drug-likeness (QED) is 0.226. The lowest BCUT2D eigenvalue weighted by Gasteiger charge is -2.20. The summed E-state index contributed by atoms with van der Waals surface area (Å²) in [6, 6.07) is 9.76. The maximum Gasteiger partial charge on any atom is 0.340 e. The van der Waals surface area contributed by atoms with Crippen molar-refractivity contribution < 1.29 is 38.2 Å². The summed E-state index contributed by atoms with van der Waals surface area (Å²) < 4.78 is 34.8. The molecule has 1 fully saturated rings. The second-order valence-corrected chi connectivity index (χ2v) is 12.5. The van der Waals surface area contributed by atoms with Gasteiger partial charge in [0.15, 0.2) is 17.8 Å². The second kappa shape index (κ2) is 10.2. The highest BCUT2D eigenvalue weighted by atomic mass is 35.5. The Bertz CT molecular complexity index is 1290. The van der Waals surface area contributed by atoms with Crippen LogP contribution in [0, 0.1) is 0 Å². The summed E-state index contributed by atoms with van der Waals surface area (Å²) in [5.41, 5.74) is 1.38. The lowest BCUT2D eigenvalue weighted by Crippen LogP contribution is -2.22. The molecule has 2 aromatic heterocycles. The van der Waals surface area contributed by atoms with Gasteiger partial charge in [-0.25, -0.2) is 4.68 Å². The van der Waals surface area contributed by atoms with E-state index >= 15 is 0 Å². The van der Waals surface area contributed by atoms with Crippen LogP contribution in [0.25, 0.3) is 11.0 Å². The van der Waals surface area contributed by atoms with E-state index < -0.39 is 46.1 Å². The van der Waals surface area contributed by atoms with Gasteiger partial charge in [-0.1, -0.05) is 30.3 Å². The predicted octanol–water partition coefficient (Wildman–Crippen LogP) is 2.10. The van der Waals surface area contributed by atoms with E-state index in [4.69, 9.17) is 30.6 Å². The summed E-state index contributed by atoms with van der Waals surface area (Å²) in [5, 5.41) is 15.4. The first-order valence-corrected chi connectivity index (χ1v) is 14.4. The monoisotopic (exact) mass is 547 g/mol. The maximum atomic E-state index is 11.9. The molecule has 3 aromatic rings. The molecule has 0 aliphatic carbocycles. The second-order valence-electron chi connectivity index (χ2n) is 8.18. The van der Waals surface area contributed by atoms with Gasteiger partial charge in [-0.15, -0.1) is 0 Å². The molecule has 35 heavy (non-hydrogen) atoms. The minimum atomic E-state index is -4.75. The van der Waals surface area contributed by atoms with Crippen molar-refractivity contribution in [3.05, 3.63) is 47.4 Å². The highest BCUT2D eigenvalue weighted by Crippen LogP contribution is 2.55. The molecule has 4 rings (SSSR count). The molecule has 190 valence electrons. The van der Waals surface area contributed by atoms with Crippen molar-refractivity contribution in [1.82, 2.24) is 19.7 Å². The van der Waals surface area contributed by atoms with Crippen molar-refractivity contribution in [2.24, 2.45) is 0 Å². The Kier molecular flexibility index (Phi) is 7.63. The summed E-state index contributed by atoms with van der Waals surface area (Å²) in [6.07, 6.45) is -1.33. The highest BCUT2D eigenvalue weighted by Gasteiger charge is 2.39. The standard InChI is InChI=1S/C19H24ClN5O8P2/c1-24(9-12-5-3-2-4-6-12)16-14-8-21-25(17(14)23-19(20)22-16)18-15(26)7-13(33-18)10-32-35(30,31)11-34(27,28)29/h2-6,8,13,15,18,26H,7,9-11H2,1H3,(H,30,31)(H2,27,28,29)/t13-,15+,18+/m0/s1. The first-order chi connectivity index (χ1) is 16.4. The molecular weight excluding hydrogens is 524 g/mol. The topological polar surface area (TPSA) is 180 Å². The summed E-state index contributed by atoms with van der Waals surface area (Å²) in [7, 11) is -7.45. The van der Waals surface area contributed by atoms with Crippen LogP contribution in [0.4, 0.5) is 5.82 Å². The van der Waals surface area contributed by atoms with Crippen LogP contribution < -0.4 is 4.90 Å². The van der Waals surface area contributed by atoms with Crippen molar-refractivity contribution in [3.8, 4) is 0 Å². The van der Waals surface area contributed by atoms with E-state index in [1.165, 1.54) is 10.9 Å². The molecule has 3 heterocycles. The number of rotatable bonds is 9. The van der Waals surface area contributed by atoms with Crippen LogP contribution in [0.15, 0.2) is 36.5 Å². The Morgan fingerprint density at radius 1 is 1.23 bits per heavy atom. The van der Waals surface area contributed by atoms with E-state index in [-0.39, 0.29) is 11.7 Å². The van der Waals surface area contributed by atoms with Crippen molar-refractivity contribution >= 4 is 43.6 Å². The van der Waals surface area contributed by atoms with Gasteiger partial charge in [-0.3, -0.25) is 9.13 Å².